The fourth-order valence-corrected chi connectivity index (χ4v) is 2.46. The average Bonchev–Trinajstić information content (AvgIpc) is 2.48. The van der Waals surface area contributed by atoms with Gasteiger partial charge in [0.1, 0.15) is 0 Å². The molecule has 2 amide bonds. The molecule has 7 heteroatoms. The van der Waals surface area contributed by atoms with E-state index in [2.05, 4.69) is 10.3 Å². The number of urea groups is 1. The van der Waals surface area contributed by atoms with Gasteiger partial charge in [0.05, 0.1) is 11.4 Å². The number of carbonyl (C=O) groups excluding carboxylic acids is 1. The molecule has 0 aliphatic heterocycles. The smallest absolute Gasteiger partial charge is 0.321 e. The summed E-state index contributed by atoms with van der Waals surface area (Å²) in [6, 6.07) is 3.11. The third-order valence-corrected chi connectivity index (χ3v) is 3.57. The van der Waals surface area contributed by atoms with Crippen LogP contribution in [-0.4, -0.2) is 23.0 Å². The van der Waals surface area contributed by atoms with E-state index in [1.165, 1.54) is 11.9 Å². The Kier molecular flexibility index (Phi) is 5.11. The van der Waals surface area contributed by atoms with Crippen LogP contribution in [0.15, 0.2) is 18.2 Å². The number of hydrogen-bond acceptors (Lipinski definition) is 2. The number of aromatic nitrogens is 1. The highest BCUT2D eigenvalue weighted by atomic mass is 19.2. The third-order valence-electron chi connectivity index (χ3n) is 3.57. The van der Waals surface area contributed by atoms with E-state index in [-0.39, 0.29) is 12.1 Å². The van der Waals surface area contributed by atoms with Gasteiger partial charge in [0.2, 0.25) is 0 Å². The second kappa shape index (κ2) is 6.90. The Morgan fingerprint density at radius 2 is 1.71 bits per heavy atom. The fourth-order valence-electron chi connectivity index (χ4n) is 2.46. The van der Waals surface area contributed by atoms with E-state index in [1.807, 2.05) is 19.9 Å². The Morgan fingerprint density at radius 3 is 2.25 bits per heavy atom. The van der Waals surface area contributed by atoms with E-state index in [1.54, 1.807) is 6.92 Å². The van der Waals surface area contributed by atoms with Crippen molar-refractivity contribution in [2.24, 2.45) is 0 Å². The molecule has 4 nitrogen and oxygen atoms in total. The van der Waals surface area contributed by atoms with Gasteiger partial charge in [-0.15, -0.1) is 0 Å². The molecule has 0 atom stereocenters. The molecule has 24 heavy (non-hydrogen) atoms. The highest BCUT2D eigenvalue weighted by Gasteiger charge is 2.16. The Balaban J connectivity index is 2.13. The van der Waals surface area contributed by atoms with Crippen LogP contribution in [0.3, 0.4) is 0 Å². The van der Waals surface area contributed by atoms with Crippen LogP contribution in [0.25, 0.3) is 0 Å². The van der Waals surface area contributed by atoms with E-state index in [4.69, 9.17) is 0 Å². The van der Waals surface area contributed by atoms with Crippen molar-refractivity contribution >= 4 is 11.7 Å². The van der Waals surface area contributed by atoms with E-state index in [0.29, 0.717) is 11.4 Å². The quantitative estimate of drug-likeness (QED) is 0.858. The number of benzene rings is 1. The number of nitrogens with one attached hydrogen (secondary N) is 1. The number of rotatable bonds is 3. The van der Waals surface area contributed by atoms with Gasteiger partial charge in [0.25, 0.3) is 0 Å². The second-order valence-electron chi connectivity index (χ2n) is 5.70. The molecule has 2 aromatic rings. The van der Waals surface area contributed by atoms with Gasteiger partial charge in [-0.05, 0) is 50.1 Å². The van der Waals surface area contributed by atoms with Gasteiger partial charge >= 0.3 is 6.03 Å². The van der Waals surface area contributed by atoms with Crippen molar-refractivity contribution in [3.63, 3.8) is 0 Å². The molecule has 1 N–H and O–H groups in total. The minimum atomic E-state index is -1.53. The molecule has 0 radical (unpaired) electrons. The molecule has 0 aliphatic carbocycles. The molecular formula is C17H18F3N3O. The Morgan fingerprint density at radius 1 is 1.12 bits per heavy atom. The molecule has 0 saturated heterocycles. The zero-order valence-corrected chi connectivity index (χ0v) is 13.9. The summed E-state index contributed by atoms with van der Waals surface area (Å²) in [5.41, 5.74) is 3.12. The van der Waals surface area contributed by atoms with Crippen molar-refractivity contribution in [3.05, 3.63) is 58.2 Å². The van der Waals surface area contributed by atoms with Gasteiger partial charge in [0, 0.05) is 19.3 Å². The van der Waals surface area contributed by atoms with Gasteiger partial charge in [-0.2, -0.15) is 0 Å². The fraction of sp³-hybridized carbons (Fsp3) is 0.294. The number of nitrogens with zero attached hydrogens (tertiary/aromatic N) is 2. The zero-order valence-electron chi connectivity index (χ0n) is 13.9. The molecule has 1 aromatic carbocycles. The number of carbonyl (C=O) groups is 1. The summed E-state index contributed by atoms with van der Waals surface area (Å²) >= 11 is 0. The summed E-state index contributed by atoms with van der Waals surface area (Å²) in [6.07, 6.45) is 0. The Hall–Kier alpha value is -2.57. The highest BCUT2D eigenvalue weighted by Crippen LogP contribution is 2.20. The molecule has 0 fully saturated rings. The average molecular weight is 337 g/mol. The molecule has 128 valence electrons. The number of hydrogen-bond donors (Lipinski definition) is 1. The first kappa shape index (κ1) is 17.8. The van der Waals surface area contributed by atoms with Gasteiger partial charge < -0.3 is 10.2 Å². The molecule has 0 unspecified atom stereocenters. The van der Waals surface area contributed by atoms with Crippen LogP contribution in [0.5, 0.6) is 0 Å². The van der Waals surface area contributed by atoms with Crippen molar-refractivity contribution in [1.29, 1.82) is 0 Å². The standard InChI is InChI=1S/C17H18F3N3O/c1-9-5-10(2)21-11(3)16(9)22-17(24)23(4)8-12-6-13(18)15(20)14(19)7-12/h5-7H,8H2,1-4H3,(H,22,24). The lowest BCUT2D eigenvalue weighted by molar-refractivity contribution is 0.220. The van der Waals surface area contributed by atoms with Gasteiger partial charge in [0.15, 0.2) is 17.5 Å². The normalized spacial score (nSPS) is 10.6. The molecule has 0 aliphatic rings. The first-order valence-electron chi connectivity index (χ1n) is 7.29. The second-order valence-corrected chi connectivity index (χ2v) is 5.70. The predicted molar refractivity (Wildman–Crippen MR) is 85.2 cm³/mol. The lowest BCUT2D eigenvalue weighted by Gasteiger charge is -2.20. The monoisotopic (exact) mass is 337 g/mol. The van der Waals surface area contributed by atoms with Crippen LogP contribution < -0.4 is 5.32 Å². The summed E-state index contributed by atoms with van der Waals surface area (Å²) in [4.78, 5) is 17.8. The number of aryl methyl sites for hydroxylation is 3. The van der Waals surface area contributed by atoms with Crippen molar-refractivity contribution < 1.29 is 18.0 Å². The van der Waals surface area contributed by atoms with Gasteiger partial charge in [-0.3, -0.25) is 4.98 Å². The van der Waals surface area contributed by atoms with E-state index in [9.17, 15) is 18.0 Å². The highest BCUT2D eigenvalue weighted by molar-refractivity contribution is 5.90. The number of anilines is 1. The van der Waals surface area contributed by atoms with Crippen LogP contribution in [0.4, 0.5) is 23.7 Å². The first-order chi connectivity index (χ1) is 11.2. The lowest BCUT2D eigenvalue weighted by Crippen LogP contribution is -2.31. The van der Waals surface area contributed by atoms with Crippen molar-refractivity contribution in [3.8, 4) is 0 Å². The molecule has 1 aromatic heterocycles. The van der Waals surface area contributed by atoms with E-state index < -0.39 is 23.5 Å². The summed E-state index contributed by atoms with van der Waals surface area (Å²) in [5, 5.41) is 2.73. The minimum Gasteiger partial charge on any atom is -0.323 e. The third kappa shape index (κ3) is 3.84. The van der Waals surface area contributed by atoms with Crippen LogP contribution in [0.1, 0.15) is 22.5 Å². The van der Waals surface area contributed by atoms with E-state index >= 15 is 0 Å². The maximum Gasteiger partial charge on any atom is 0.321 e. The lowest BCUT2D eigenvalue weighted by atomic mass is 10.1. The maximum absolute atomic E-state index is 13.2. The summed E-state index contributed by atoms with van der Waals surface area (Å²) in [7, 11) is 1.47. The van der Waals surface area contributed by atoms with Crippen LogP contribution in [0, 0.1) is 38.2 Å². The number of halogens is 3. The van der Waals surface area contributed by atoms with Crippen LogP contribution >= 0.6 is 0 Å². The minimum absolute atomic E-state index is 0.0721. The summed E-state index contributed by atoms with van der Waals surface area (Å²) < 4.78 is 39.4. The molecule has 0 bridgehead atoms. The van der Waals surface area contributed by atoms with Crippen LogP contribution in [-0.2, 0) is 6.54 Å². The summed E-state index contributed by atoms with van der Waals surface area (Å²) in [5.74, 6) is -4.09. The van der Waals surface area contributed by atoms with Crippen molar-refractivity contribution in [2.75, 3.05) is 12.4 Å². The van der Waals surface area contributed by atoms with Crippen LogP contribution in [0.2, 0.25) is 0 Å². The molecule has 2 rings (SSSR count). The van der Waals surface area contributed by atoms with Gasteiger partial charge in [-0.25, -0.2) is 18.0 Å². The Labute approximate surface area is 138 Å². The number of pyridine rings is 1. The zero-order chi connectivity index (χ0) is 18.0. The Bertz CT molecular complexity index is 747. The van der Waals surface area contributed by atoms with Crippen molar-refractivity contribution in [2.45, 2.75) is 27.3 Å². The first-order valence-corrected chi connectivity index (χ1v) is 7.29. The topological polar surface area (TPSA) is 45.2 Å². The van der Waals surface area contributed by atoms with Gasteiger partial charge in [-0.1, -0.05) is 0 Å². The predicted octanol–water partition coefficient (Wildman–Crippen LogP) is 4.09. The SMILES string of the molecule is Cc1cc(C)c(NC(=O)N(C)Cc2cc(F)c(F)c(F)c2)c(C)n1. The largest absolute Gasteiger partial charge is 0.323 e. The van der Waals surface area contributed by atoms with Crippen molar-refractivity contribution in [1.82, 2.24) is 9.88 Å². The summed E-state index contributed by atoms with van der Waals surface area (Å²) in [6.45, 7) is 5.41. The van der Waals surface area contributed by atoms with E-state index in [0.717, 1.165) is 23.4 Å². The molecule has 0 spiro atoms. The number of amides is 2. The molecular weight excluding hydrogens is 319 g/mol. The molecule has 1 heterocycles. The maximum atomic E-state index is 13.2. The molecule has 0 saturated carbocycles.